The fourth-order valence-corrected chi connectivity index (χ4v) is 1.83. The third-order valence-electron chi connectivity index (χ3n) is 1.59. The second-order valence-electron chi connectivity index (χ2n) is 2.39. The first kappa shape index (κ1) is 11.1. The molecule has 2 atom stereocenters. The largest absolute Gasteiger partial charge is 0.396 e. The van der Waals surface area contributed by atoms with Gasteiger partial charge in [-0.25, -0.2) is 0 Å². The van der Waals surface area contributed by atoms with E-state index >= 15 is 0 Å². The van der Waals surface area contributed by atoms with Gasteiger partial charge in [0.15, 0.2) is 0 Å². The van der Waals surface area contributed by atoms with E-state index in [0.717, 1.165) is 0 Å². The normalized spacial score (nSPS) is 16.3. The maximum Gasteiger partial charge on any atom is 0.0446 e. The Morgan fingerprint density at radius 1 is 1.64 bits per heavy atom. The van der Waals surface area contributed by atoms with E-state index in [-0.39, 0.29) is 12.6 Å². The summed E-state index contributed by atoms with van der Waals surface area (Å²) in [5.74, 6) is 1.34. The van der Waals surface area contributed by atoms with Gasteiger partial charge in [0, 0.05) is 35.0 Å². The van der Waals surface area contributed by atoms with Gasteiger partial charge in [0.2, 0.25) is 0 Å². The van der Waals surface area contributed by atoms with Crippen LogP contribution in [-0.4, -0.2) is 40.5 Å². The average molecular weight is 179 g/mol. The summed E-state index contributed by atoms with van der Waals surface area (Å²) in [7, 11) is 1.09. The highest BCUT2D eigenvalue weighted by Gasteiger charge is 2.07. The van der Waals surface area contributed by atoms with Crippen molar-refractivity contribution in [3.8, 4) is 0 Å². The minimum Gasteiger partial charge on any atom is -0.396 e. The monoisotopic (exact) mass is 179 g/mol. The third kappa shape index (κ3) is 5.35. The average Bonchev–Trinajstić information content (AvgIpc) is 2.03. The van der Waals surface area contributed by atoms with Crippen LogP contribution in [0, 0.1) is 0 Å². The number of nitrogens with one attached hydrogen (secondary N) is 1. The molecule has 0 aliphatic heterocycles. The van der Waals surface area contributed by atoms with Crippen LogP contribution in [0.3, 0.4) is 0 Å². The molecule has 0 amide bonds. The van der Waals surface area contributed by atoms with Crippen molar-refractivity contribution in [3.05, 3.63) is 0 Å². The molecule has 0 bridgehead atoms. The highest BCUT2D eigenvalue weighted by Crippen LogP contribution is 1.93. The minimum atomic E-state index is -0.732. The summed E-state index contributed by atoms with van der Waals surface area (Å²) in [4.78, 5) is 0. The van der Waals surface area contributed by atoms with E-state index in [1.807, 2.05) is 14.0 Å². The zero-order chi connectivity index (χ0) is 8.69. The van der Waals surface area contributed by atoms with Gasteiger partial charge in [-0.2, -0.15) is 0 Å². The Labute approximate surface area is 70.6 Å². The summed E-state index contributed by atoms with van der Waals surface area (Å²) in [6, 6.07) is 0.195. The number of aliphatic hydroxyl groups excluding tert-OH is 1. The van der Waals surface area contributed by atoms with Crippen molar-refractivity contribution in [2.45, 2.75) is 19.4 Å². The SMILES string of the molecule is CCS(=O)CC(CCO)NC. The first-order valence-corrected chi connectivity index (χ1v) is 5.36. The molecule has 0 saturated carbocycles. The van der Waals surface area contributed by atoms with E-state index in [0.29, 0.717) is 17.9 Å². The van der Waals surface area contributed by atoms with Gasteiger partial charge in [-0.1, -0.05) is 6.92 Å². The van der Waals surface area contributed by atoms with E-state index in [1.54, 1.807) is 0 Å². The second kappa shape index (κ2) is 6.76. The summed E-state index contributed by atoms with van der Waals surface area (Å²) in [5, 5.41) is 11.6. The molecule has 0 spiro atoms. The van der Waals surface area contributed by atoms with Gasteiger partial charge in [0.25, 0.3) is 0 Å². The van der Waals surface area contributed by atoms with Gasteiger partial charge in [-0.15, -0.1) is 0 Å². The van der Waals surface area contributed by atoms with Crippen LogP contribution in [0.4, 0.5) is 0 Å². The number of hydrogen-bond donors (Lipinski definition) is 2. The molecule has 0 aliphatic rings. The van der Waals surface area contributed by atoms with E-state index in [4.69, 9.17) is 5.11 Å². The Morgan fingerprint density at radius 2 is 2.27 bits per heavy atom. The molecule has 3 nitrogen and oxygen atoms in total. The number of aliphatic hydroxyl groups is 1. The van der Waals surface area contributed by atoms with Crippen LogP contribution in [0.2, 0.25) is 0 Å². The predicted molar refractivity (Wildman–Crippen MR) is 48.1 cm³/mol. The van der Waals surface area contributed by atoms with Crippen LogP contribution < -0.4 is 5.32 Å². The molecular formula is C7H17NO2S. The molecule has 0 heterocycles. The molecule has 11 heavy (non-hydrogen) atoms. The van der Waals surface area contributed by atoms with Crippen molar-refractivity contribution in [1.82, 2.24) is 5.32 Å². The van der Waals surface area contributed by atoms with Crippen molar-refractivity contribution in [3.63, 3.8) is 0 Å². The Hall–Kier alpha value is 0.0700. The van der Waals surface area contributed by atoms with Crippen LogP contribution in [0.15, 0.2) is 0 Å². The molecule has 4 heteroatoms. The zero-order valence-corrected chi connectivity index (χ0v) is 7.99. The molecule has 0 aliphatic carbocycles. The van der Waals surface area contributed by atoms with Crippen LogP contribution in [-0.2, 0) is 10.8 Å². The lowest BCUT2D eigenvalue weighted by molar-refractivity contribution is 0.273. The van der Waals surface area contributed by atoms with Crippen LogP contribution >= 0.6 is 0 Å². The van der Waals surface area contributed by atoms with Gasteiger partial charge in [-0.3, -0.25) is 4.21 Å². The van der Waals surface area contributed by atoms with Crippen molar-refractivity contribution in [2.24, 2.45) is 0 Å². The fourth-order valence-electron chi connectivity index (χ4n) is 0.809. The van der Waals surface area contributed by atoms with Crippen LogP contribution in [0.1, 0.15) is 13.3 Å². The van der Waals surface area contributed by atoms with E-state index in [2.05, 4.69) is 5.32 Å². The number of hydrogen-bond acceptors (Lipinski definition) is 3. The van der Waals surface area contributed by atoms with Gasteiger partial charge >= 0.3 is 0 Å². The maximum absolute atomic E-state index is 11.0. The lowest BCUT2D eigenvalue weighted by atomic mass is 10.2. The third-order valence-corrected chi connectivity index (χ3v) is 3.01. The summed E-state index contributed by atoms with van der Waals surface area (Å²) in [6.45, 7) is 2.06. The van der Waals surface area contributed by atoms with E-state index in [1.165, 1.54) is 0 Å². The molecule has 68 valence electrons. The molecule has 2 unspecified atom stereocenters. The van der Waals surface area contributed by atoms with E-state index in [9.17, 15) is 4.21 Å². The molecular weight excluding hydrogens is 162 g/mol. The molecule has 0 rings (SSSR count). The van der Waals surface area contributed by atoms with Gasteiger partial charge in [0.1, 0.15) is 0 Å². The standard InChI is InChI=1S/C7H17NO2S/c1-3-11(10)6-7(8-2)4-5-9/h7-9H,3-6H2,1-2H3. The van der Waals surface area contributed by atoms with Gasteiger partial charge < -0.3 is 10.4 Å². The Kier molecular flexibility index (Phi) is 6.80. The highest BCUT2D eigenvalue weighted by molar-refractivity contribution is 7.84. The predicted octanol–water partition coefficient (Wildman–Crippen LogP) is -0.275. The lowest BCUT2D eigenvalue weighted by Gasteiger charge is -2.12. The molecule has 2 N–H and O–H groups in total. The van der Waals surface area contributed by atoms with Crippen molar-refractivity contribution < 1.29 is 9.32 Å². The van der Waals surface area contributed by atoms with Gasteiger partial charge in [-0.05, 0) is 13.5 Å². The summed E-state index contributed by atoms with van der Waals surface area (Å²) in [6.07, 6.45) is 0.683. The fraction of sp³-hybridized carbons (Fsp3) is 1.00. The summed E-state index contributed by atoms with van der Waals surface area (Å²) < 4.78 is 11.0. The Morgan fingerprint density at radius 3 is 2.64 bits per heavy atom. The first-order valence-electron chi connectivity index (χ1n) is 3.87. The first-order chi connectivity index (χ1) is 5.24. The maximum atomic E-state index is 11.0. The molecule has 0 fully saturated rings. The second-order valence-corrected chi connectivity index (χ2v) is 4.18. The molecule has 0 aromatic rings. The minimum absolute atomic E-state index is 0.159. The van der Waals surface area contributed by atoms with Crippen molar-refractivity contribution >= 4 is 10.8 Å². The lowest BCUT2D eigenvalue weighted by Crippen LogP contribution is -2.32. The molecule has 0 aromatic heterocycles. The number of rotatable bonds is 6. The Balaban J connectivity index is 3.58. The molecule has 0 aromatic carbocycles. The molecule has 0 saturated heterocycles. The van der Waals surface area contributed by atoms with Crippen molar-refractivity contribution in [2.75, 3.05) is 25.2 Å². The van der Waals surface area contributed by atoms with Crippen molar-refractivity contribution in [1.29, 1.82) is 0 Å². The molecule has 0 radical (unpaired) electrons. The highest BCUT2D eigenvalue weighted by atomic mass is 32.2. The summed E-state index contributed by atoms with van der Waals surface area (Å²) >= 11 is 0. The Bertz CT molecular complexity index is 119. The quantitative estimate of drug-likeness (QED) is 0.590. The topological polar surface area (TPSA) is 49.3 Å². The van der Waals surface area contributed by atoms with Crippen LogP contribution in [0.5, 0.6) is 0 Å². The summed E-state index contributed by atoms with van der Waals surface area (Å²) in [5.41, 5.74) is 0. The zero-order valence-electron chi connectivity index (χ0n) is 7.17. The smallest absolute Gasteiger partial charge is 0.0446 e. The van der Waals surface area contributed by atoms with E-state index < -0.39 is 10.8 Å². The van der Waals surface area contributed by atoms with Crippen LogP contribution in [0.25, 0.3) is 0 Å². The van der Waals surface area contributed by atoms with Gasteiger partial charge in [0.05, 0.1) is 0 Å².